The Hall–Kier alpha value is -3.28. The molecule has 4 rings (SSSR count). The predicted molar refractivity (Wildman–Crippen MR) is 129 cm³/mol. The van der Waals surface area contributed by atoms with Crippen LogP contribution in [-0.4, -0.2) is 29.2 Å². The van der Waals surface area contributed by atoms with Crippen LogP contribution in [0.4, 0.5) is 5.69 Å². The molecule has 1 aromatic heterocycles. The molecule has 33 heavy (non-hydrogen) atoms. The molecule has 0 spiro atoms. The number of carbonyl (C=O) groups is 1. The van der Waals surface area contributed by atoms with E-state index in [0.29, 0.717) is 18.9 Å². The molecule has 0 radical (unpaired) electrons. The van der Waals surface area contributed by atoms with E-state index >= 15 is 0 Å². The summed E-state index contributed by atoms with van der Waals surface area (Å²) in [5.74, 6) is 1.62. The van der Waals surface area contributed by atoms with Crippen LogP contribution in [0.25, 0.3) is 11.5 Å². The maximum Gasteiger partial charge on any atom is 0.303 e. The Labute approximate surface area is 195 Å². The van der Waals surface area contributed by atoms with E-state index in [4.69, 9.17) is 19.2 Å². The third-order valence-corrected chi connectivity index (χ3v) is 6.29. The lowest BCUT2D eigenvalue weighted by Crippen LogP contribution is -2.04. The third-order valence-electron chi connectivity index (χ3n) is 6.29. The molecule has 174 valence electrons. The molecule has 1 atom stereocenters. The quantitative estimate of drug-likeness (QED) is 0.401. The second kappa shape index (κ2) is 10.1. The highest BCUT2D eigenvalue weighted by molar-refractivity contribution is 5.68. The zero-order chi connectivity index (χ0) is 23.4. The Morgan fingerprint density at radius 1 is 1.24 bits per heavy atom. The van der Waals surface area contributed by atoms with Gasteiger partial charge in [0.15, 0.2) is 0 Å². The molecule has 6 nitrogen and oxygen atoms in total. The van der Waals surface area contributed by atoms with Crippen LogP contribution < -0.4 is 10.1 Å². The summed E-state index contributed by atoms with van der Waals surface area (Å²) in [6, 6.07) is 12.2. The van der Waals surface area contributed by atoms with E-state index in [2.05, 4.69) is 37.4 Å². The zero-order valence-electron chi connectivity index (χ0n) is 19.6. The van der Waals surface area contributed by atoms with Gasteiger partial charge in [0.1, 0.15) is 11.5 Å². The molecular weight excluding hydrogens is 416 g/mol. The van der Waals surface area contributed by atoms with Crippen LogP contribution in [0.2, 0.25) is 0 Å². The number of hydrogen-bond acceptors (Lipinski definition) is 5. The number of hydrogen-bond donors (Lipinski definition) is 2. The lowest BCUT2D eigenvalue weighted by Gasteiger charge is -2.10. The van der Waals surface area contributed by atoms with E-state index in [-0.39, 0.29) is 12.3 Å². The number of carboxylic acid groups (broad SMARTS) is 1. The summed E-state index contributed by atoms with van der Waals surface area (Å²) < 4.78 is 12.0. The minimum absolute atomic E-state index is 0.113. The van der Waals surface area contributed by atoms with Gasteiger partial charge in [-0.1, -0.05) is 19.1 Å². The topological polar surface area (TPSA) is 84.6 Å². The first-order chi connectivity index (χ1) is 15.9. The number of rotatable bonds is 10. The standard InChI is InChI=1S/C27H32N2O4/c1-4-12-28-25-15-21(6-5-17(25)2)27-29-24(18(3)33-27)11-13-32-22-9-10-23-19(14-22)7-8-20(23)16-26(30)31/h5-6,9-10,14-15,20,28H,4,7-8,11-13,16H2,1-3H3,(H,30,31)/t20-/m0/s1. The average Bonchev–Trinajstić information content (AvgIpc) is 3.36. The highest BCUT2D eigenvalue weighted by Gasteiger charge is 2.25. The molecule has 0 saturated heterocycles. The van der Waals surface area contributed by atoms with Gasteiger partial charge >= 0.3 is 5.97 Å². The minimum Gasteiger partial charge on any atom is -0.493 e. The first kappa shape index (κ1) is 22.9. The van der Waals surface area contributed by atoms with E-state index in [9.17, 15) is 4.79 Å². The number of aryl methyl sites for hydroxylation is 3. The number of anilines is 1. The van der Waals surface area contributed by atoms with Crippen molar-refractivity contribution >= 4 is 11.7 Å². The number of fused-ring (bicyclic) bond motifs is 1. The number of carboxylic acids is 1. The van der Waals surface area contributed by atoms with Crippen molar-refractivity contribution in [2.24, 2.45) is 0 Å². The van der Waals surface area contributed by atoms with Crippen LogP contribution in [0, 0.1) is 13.8 Å². The van der Waals surface area contributed by atoms with Crippen molar-refractivity contribution < 1.29 is 19.1 Å². The summed E-state index contributed by atoms with van der Waals surface area (Å²) in [6.45, 7) is 7.61. The molecule has 0 bridgehead atoms. The summed E-state index contributed by atoms with van der Waals surface area (Å²) in [4.78, 5) is 15.8. The summed E-state index contributed by atoms with van der Waals surface area (Å²) in [6.07, 6.45) is 3.71. The normalized spacial score (nSPS) is 14.8. The Morgan fingerprint density at radius 2 is 2.09 bits per heavy atom. The van der Waals surface area contributed by atoms with E-state index in [1.807, 2.05) is 25.1 Å². The molecular formula is C27H32N2O4. The molecule has 1 aliphatic carbocycles. The number of aliphatic carboxylic acids is 1. The summed E-state index contributed by atoms with van der Waals surface area (Å²) in [5, 5.41) is 12.6. The molecule has 2 aromatic carbocycles. The van der Waals surface area contributed by atoms with Crippen LogP contribution in [-0.2, 0) is 17.6 Å². The van der Waals surface area contributed by atoms with Gasteiger partial charge in [-0.2, -0.15) is 0 Å². The second-order valence-corrected chi connectivity index (χ2v) is 8.77. The zero-order valence-corrected chi connectivity index (χ0v) is 19.6. The first-order valence-corrected chi connectivity index (χ1v) is 11.7. The number of nitrogens with zero attached hydrogens (tertiary/aromatic N) is 1. The monoisotopic (exact) mass is 448 g/mol. The SMILES string of the molecule is CCCNc1cc(-c2nc(CCOc3ccc4c(c3)CC[C@H]4CC(=O)O)c(C)o2)ccc1C. The van der Waals surface area contributed by atoms with Crippen molar-refractivity contribution in [3.05, 3.63) is 64.5 Å². The molecule has 2 N–H and O–H groups in total. The number of ether oxygens (including phenoxy) is 1. The van der Waals surface area contributed by atoms with Crippen LogP contribution in [0.15, 0.2) is 40.8 Å². The van der Waals surface area contributed by atoms with Gasteiger partial charge < -0.3 is 19.6 Å². The fraction of sp³-hybridized carbons (Fsp3) is 0.407. The maximum atomic E-state index is 11.1. The van der Waals surface area contributed by atoms with E-state index in [0.717, 1.165) is 59.8 Å². The van der Waals surface area contributed by atoms with Gasteiger partial charge in [0.05, 0.1) is 18.7 Å². The van der Waals surface area contributed by atoms with Crippen molar-refractivity contribution in [3.63, 3.8) is 0 Å². The molecule has 0 aliphatic heterocycles. The Balaban J connectivity index is 1.38. The van der Waals surface area contributed by atoms with Gasteiger partial charge in [-0.15, -0.1) is 0 Å². The highest BCUT2D eigenvalue weighted by Crippen LogP contribution is 2.37. The van der Waals surface area contributed by atoms with Gasteiger partial charge in [-0.25, -0.2) is 4.98 Å². The lowest BCUT2D eigenvalue weighted by molar-refractivity contribution is -0.137. The summed E-state index contributed by atoms with van der Waals surface area (Å²) >= 11 is 0. The van der Waals surface area contributed by atoms with Crippen LogP contribution in [0.3, 0.4) is 0 Å². The molecule has 1 heterocycles. The van der Waals surface area contributed by atoms with Crippen molar-refractivity contribution in [3.8, 4) is 17.2 Å². The van der Waals surface area contributed by atoms with E-state index in [1.165, 1.54) is 11.1 Å². The summed E-state index contributed by atoms with van der Waals surface area (Å²) in [5.41, 5.74) is 6.52. The fourth-order valence-electron chi connectivity index (χ4n) is 4.45. The summed E-state index contributed by atoms with van der Waals surface area (Å²) in [7, 11) is 0. The van der Waals surface area contributed by atoms with Gasteiger partial charge in [0.2, 0.25) is 5.89 Å². The van der Waals surface area contributed by atoms with Gasteiger partial charge in [0, 0.05) is 24.2 Å². The molecule has 0 amide bonds. The van der Waals surface area contributed by atoms with Crippen LogP contribution in [0.5, 0.6) is 5.75 Å². The number of benzene rings is 2. The van der Waals surface area contributed by atoms with Gasteiger partial charge in [0.25, 0.3) is 0 Å². The third kappa shape index (κ3) is 5.38. The molecule has 0 unspecified atom stereocenters. The molecule has 0 saturated carbocycles. The van der Waals surface area contributed by atoms with Crippen molar-refractivity contribution in [1.29, 1.82) is 0 Å². The average molecular weight is 449 g/mol. The lowest BCUT2D eigenvalue weighted by atomic mass is 9.98. The smallest absolute Gasteiger partial charge is 0.303 e. The molecule has 3 aromatic rings. The maximum absolute atomic E-state index is 11.1. The van der Waals surface area contributed by atoms with E-state index < -0.39 is 5.97 Å². The second-order valence-electron chi connectivity index (χ2n) is 8.77. The number of oxazole rings is 1. The Morgan fingerprint density at radius 3 is 2.88 bits per heavy atom. The predicted octanol–water partition coefficient (Wildman–Crippen LogP) is 5.91. The van der Waals surface area contributed by atoms with E-state index in [1.54, 1.807) is 0 Å². The number of aromatic nitrogens is 1. The van der Waals surface area contributed by atoms with Gasteiger partial charge in [-0.3, -0.25) is 4.79 Å². The largest absolute Gasteiger partial charge is 0.493 e. The Kier molecular flexibility index (Phi) is 7.02. The van der Waals surface area contributed by atoms with Crippen LogP contribution in [0.1, 0.15) is 60.2 Å². The van der Waals surface area contributed by atoms with Crippen molar-refractivity contribution in [2.75, 3.05) is 18.5 Å². The minimum atomic E-state index is -0.741. The van der Waals surface area contributed by atoms with Gasteiger partial charge in [-0.05, 0) is 80.0 Å². The van der Waals surface area contributed by atoms with Crippen molar-refractivity contribution in [2.45, 2.75) is 58.8 Å². The first-order valence-electron chi connectivity index (χ1n) is 11.7. The highest BCUT2D eigenvalue weighted by atomic mass is 16.5. The molecule has 1 aliphatic rings. The Bertz CT molecular complexity index is 1140. The fourth-order valence-corrected chi connectivity index (χ4v) is 4.45. The van der Waals surface area contributed by atoms with Crippen LogP contribution >= 0.6 is 0 Å². The molecule has 0 fully saturated rings. The van der Waals surface area contributed by atoms with Crippen molar-refractivity contribution in [1.82, 2.24) is 4.98 Å². The molecule has 6 heteroatoms. The number of nitrogens with one attached hydrogen (secondary N) is 1.